The van der Waals surface area contributed by atoms with Crippen LogP contribution in [0, 0.1) is 0 Å². The Bertz CT molecular complexity index is 1460. The van der Waals surface area contributed by atoms with Crippen LogP contribution in [-0.2, 0) is 0 Å². The van der Waals surface area contributed by atoms with Gasteiger partial charge in [0.15, 0.2) is 0 Å². The van der Waals surface area contributed by atoms with Gasteiger partial charge in [-0.3, -0.25) is 0 Å². The minimum atomic E-state index is 0.798. The highest BCUT2D eigenvalue weighted by molar-refractivity contribution is 6.14. The Hall–Kier alpha value is -4.31. The molecule has 0 aliphatic carbocycles. The molecule has 2 heterocycles. The van der Waals surface area contributed by atoms with Crippen LogP contribution < -0.4 is 0 Å². The average Bonchev–Trinajstić information content (AvgIpc) is 3.24. The first-order valence-corrected chi connectivity index (χ1v) is 10.1. The van der Waals surface area contributed by atoms with Crippen molar-refractivity contribution in [3.63, 3.8) is 0 Å². The predicted octanol–water partition coefficient (Wildman–Crippen LogP) is 6.77. The third-order valence-corrected chi connectivity index (χ3v) is 5.53. The summed E-state index contributed by atoms with van der Waals surface area (Å²) in [5.41, 5.74) is 7.27. The fraction of sp³-hybridized carbons (Fsp3) is 0. The van der Waals surface area contributed by atoms with Gasteiger partial charge in [-0.15, -0.1) is 10.2 Å². The molecule has 0 fully saturated rings. The number of hydrogen-bond acceptors (Lipinski definition) is 4. The van der Waals surface area contributed by atoms with Crippen molar-refractivity contribution in [1.82, 2.24) is 15.4 Å². The minimum Gasteiger partial charge on any atom is -0.456 e. The van der Waals surface area contributed by atoms with Gasteiger partial charge in [-0.2, -0.15) is 0 Å². The van der Waals surface area contributed by atoms with Crippen LogP contribution in [0.2, 0.25) is 0 Å². The highest BCUT2D eigenvalue weighted by Crippen LogP contribution is 2.43. The lowest BCUT2D eigenvalue weighted by Crippen LogP contribution is -2.00. The van der Waals surface area contributed by atoms with Crippen molar-refractivity contribution in [2.75, 3.05) is 0 Å². The number of aromatic nitrogens is 3. The molecule has 0 radical (unpaired) electrons. The van der Waals surface area contributed by atoms with Crippen molar-refractivity contribution in [2.45, 2.75) is 0 Å². The topological polar surface area (TPSA) is 51.8 Å². The second-order valence-electron chi connectivity index (χ2n) is 7.37. The van der Waals surface area contributed by atoms with Crippen molar-refractivity contribution in [2.24, 2.45) is 0 Å². The SMILES string of the molecule is c1ccc(-c2nnnc(-c3ccccc3)c2-c2cccc3oc4ccccc4c23)cc1. The predicted molar refractivity (Wildman–Crippen MR) is 123 cm³/mol. The van der Waals surface area contributed by atoms with Gasteiger partial charge in [0.2, 0.25) is 0 Å². The number of furan rings is 1. The van der Waals surface area contributed by atoms with Gasteiger partial charge in [0.25, 0.3) is 0 Å². The number of hydrogen-bond donors (Lipinski definition) is 0. The molecular formula is C27H17N3O. The Kier molecular flexibility index (Phi) is 4.06. The molecule has 146 valence electrons. The van der Waals surface area contributed by atoms with Crippen LogP contribution in [0.15, 0.2) is 108 Å². The maximum absolute atomic E-state index is 6.15. The van der Waals surface area contributed by atoms with E-state index < -0.39 is 0 Å². The lowest BCUT2D eigenvalue weighted by molar-refractivity contribution is 0.669. The zero-order valence-electron chi connectivity index (χ0n) is 16.6. The number of benzene rings is 4. The molecule has 0 atom stereocenters. The maximum Gasteiger partial charge on any atom is 0.136 e. The van der Waals surface area contributed by atoms with E-state index >= 15 is 0 Å². The van der Waals surface area contributed by atoms with Crippen LogP contribution in [-0.4, -0.2) is 15.4 Å². The first kappa shape index (κ1) is 17.5. The lowest BCUT2D eigenvalue weighted by Gasteiger charge is -2.14. The largest absolute Gasteiger partial charge is 0.456 e. The molecular weight excluding hydrogens is 382 g/mol. The van der Waals surface area contributed by atoms with Gasteiger partial charge in [-0.05, 0) is 22.9 Å². The Balaban J connectivity index is 1.76. The van der Waals surface area contributed by atoms with E-state index in [2.05, 4.69) is 51.8 Å². The van der Waals surface area contributed by atoms with E-state index in [-0.39, 0.29) is 0 Å². The lowest BCUT2D eigenvalue weighted by atomic mass is 9.92. The van der Waals surface area contributed by atoms with E-state index in [1.54, 1.807) is 0 Å². The summed E-state index contributed by atoms with van der Waals surface area (Å²) in [7, 11) is 0. The third kappa shape index (κ3) is 2.89. The maximum atomic E-state index is 6.15. The molecule has 6 aromatic rings. The summed E-state index contributed by atoms with van der Waals surface area (Å²) in [5.74, 6) is 0. The monoisotopic (exact) mass is 399 g/mol. The van der Waals surface area contributed by atoms with Gasteiger partial charge >= 0.3 is 0 Å². The van der Waals surface area contributed by atoms with Gasteiger partial charge in [0, 0.05) is 27.5 Å². The van der Waals surface area contributed by atoms with Gasteiger partial charge < -0.3 is 4.42 Å². The molecule has 0 aliphatic rings. The summed E-state index contributed by atoms with van der Waals surface area (Å²) in [6.07, 6.45) is 0. The zero-order valence-corrected chi connectivity index (χ0v) is 16.6. The molecule has 4 heteroatoms. The number of rotatable bonds is 3. The van der Waals surface area contributed by atoms with Crippen LogP contribution in [0.4, 0.5) is 0 Å². The minimum absolute atomic E-state index is 0.798. The molecule has 0 amide bonds. The fourth-order valence-corrected chi connectivity index (χ4v) is 4.16. The second kappa shape index (κ2) is 7.18. The van der Waals surface area contributed by atoms with Crippen molar-refractivity contribution in [3.05, 3.63) is 103 Å². The van der Waals surface area contributed by atoms with E-state index in [0.717, 1.165) is 55.6 Å². The second-order valence-corrected chi connectivity index (χ2v) is 7.37. The van der Waals surface area contributed by atoms with Gasteiger partial charge in [0.05, 0.1) is 0 Å². The zero-order chi connectivity index (χ0) is 20.6. The van der Waals surface area contributed by atoms with E-state index in [4.69, 9.17) is 4.42 Å². The van der Waals surface area contributed by atoms with Crippen LogP contribution in [0.25, 0.3) is 55.6 Å². The number of nitrogens with zero attached hydrogens (tertiary/aromatic N) is 3. The summed E-state index contributed by atoms with van der Waals surface area (Å²) in [5, 5.41) is 15.2. The summed E-state index contributed by atoms with van der Waals surface area (Å²) in [6.45, 7) is 0. The first-order valence-electron chi connectivity index (χ1n) is 10.1. The third-order valence-electron chi connectivity index (χ3n) is 5.53. The molecule has 0 spiro atoms. The first-order chi connectivity index (χ1) is 15.4. The Morgan fingerprint density at radius 1 is 0.516 bits per heavy atom. The molecule has 31 heavy (non-hydrogen) atoms. The molecule has 6 rings (SSSR count). The van der Waals surface area contributed by atoms with Crippen molar-refractivity contribution < 1.29 is 4.42 Å². The molecule has 0 saturated heterocycles. The molecule has 0 N–H and O–H groups in total. The van der Waals surface area contributed by atoms with Crippen LogP contribution >= 0.6 is 0 Å². The standard InChI is InChI=1S/C27H17N3O/c1-3-10-18(11-4-1)26-25(27(29-30-28-26)19-12-5-2-6-13-19)21-15-9-17-23-24(21)20-14-7-8-16-22(20)31-23/h1-17H. The molecule has 0 aliphatic heterocycles. The Labute approximate surface area is 178 Å². The van der Waals surface area contributed by atoms with Gasteiger partial charge in [-0.1, -0.05) is 91.0 Å². The molecule has 0 unspecified atom stereocenters. The Morgan fingerprint density at radius 3 is 1.77 bits per heavy atom. The normalized spacial score (nSPS) is 11.2. The van der Waals surface area contributed by atoms with Crippen LogP contribution in [0.3, 0.4) is 0 Å². The molecule has 2 aromatic heterocycles. The summed E-state index contributed by atoms with van der Waals surface area (Å²) < 4.78 is 6.15. The quantitative estimate of drug-likeness (QED) is 0.329. The van der Waals surface area contributed by atoms with Gasteiger partial charge in [-0.25, -0.2) is 0 Å². The van der Waals surface area contributed by atoms with E-state index in [1.165, 1.54) is 0 Å². The van der Waals surface area contributed by atoms with E-state index in [0.29, 0.717) is 0 Å². The summed E-state index contributed by atoms with van der Waals surface area (Å²) in [4.78, 5) is 0. The molecule has 4 nitrogen and oxygen atoms in total. The van der Waals surface area contributed by atoms with E-state index in [1.807, 2.05) is 66.7 Å². The van der Waals surface area contributed by atoms with Crippen molar-refractivity contribution in [1.29, 1.82) is 0 Å². The van der Waals surface area contributed by atoms with Crippen LogP contribution in [0.5, 0.6) is 0 Å². The van der Waals surface area contributed by atoms with E-state index in [9.17, 15) is 0 Å². The number of fused-ring (bicyclic) bond motifs is 3. The Morgan fingerprint density at radius 2 is 1.10 bits per heavy atom. The van der Waals surface area contributed by atoms with Crippen molar-refractivity contribution >= 4 is 21.9 Å². The fourth-order valence-electron chi connectivity index (χ4n) is 4.16. The smallest absolute Gasteiger partial charge is 0.136 e. The molecule has 0 saturated carbocycles. The van der Waals surface area contributed by atoms with Crippen LogP contribution in [0.1, 0.15) is 0 Å². The average molecular weight is 399 g/mol. The number of para-hydroxylation sites is 1. The highest BCUT2D eigenvalue weighted by Gasteiger charge is 2.21. The molecule has 0 bridgehead atoms. The highest BCUT2D eigenvalue weighted by atomic mass is 16.3. The van der Waals surface area contributed by atoms with Gasteiger partial charge in [0.1, 0.15) is 22.6 Å². The molecule has 4 aromatic carbocycles. The summed E-state index contributed by atoms with van der Waals surface area (Å²) >= 11 is 0. The summed E-state index contributed by atoms with van der Waals surface area (Å²) in [6, 6.07) is 34.5. The van der Waals surface area contributed by atoms with Crippen molar-refractivity contribution in [3.8, 4) is 33.6 Å².